The van der Waals surface area contributed by atoms with E-state index in [0.717, 1.165) is 33.2 Å². The van der Waals surface area contributed by atoms with Gasteiger partial charge in [0.1, 0.15) is 11.5 Å². The molecule has 0 unspecified atom stereocenters. The van der Waals surface area contributed by atoms with E-state index in [0.29, 0.717) is 0 Å². The largest absolute Gasteiger partial charge is 0.455 e. The van der Waals surface area contributed by atoms with Crippen molar-refractivity contribution in [2.24, 2.45) is 0 Å². The zero-order valence-corrected chi connectivity index (χ0v) is 13.8. The lowest BCUT2D eigenvalue weighted by Gasteiger charge is -2.00. The Balaban J connectivity index is 1.89. The van der Waals surface area contributed by atoms with Gasteiger partial charge in [-0.2, -0.15) is 0 Å². The standard InChI is InChI=1S/C20H13ClOS/c21-16-10-8-14(9-11-16)18-13-17(19-7-4-12-23-19)20(22-18)15-5-2-1-3-6-15/h1-13H. The normalized spacial score (nSPS) is 10.8. The molecular weight excluding hydrogens is 324 g/mol. The van der Waals surface area contributed by atoms with Gasteiger partial charge in [0.25, 0.3) is 0 Å². The van der Waals surface area contributed by atoms with Crippen molar-refractivity contribution in [2.45, 2.75) is 0 Å². The van der Waals surface area contributed by atoms with Crippen molar-refractivity contribution in [3.8, 4) is 33.1 Å². The smallest absolute Gasteiger partial charge is 0.143 e. The molecule has 4 aromatic rings. The maximum atomic E-state index is 6.21. The van der Waals surface area contributed by atoms with Crippen LogP contribution in [0.15, 0.2) is 82.6 Å². The number of halogens is 1. The number of rotatable bonds is 3. The highest BCUT2D eigenvalue weighted by Crippen LogP contribution is 2.40. The number of benzene rings is 2. The van der Waals surface area contributed by atoms with Crippen LogP contribution < -0.4 is 0 Å². The first-order chi connectivity index (χ1) is 11.3. The van der Waals surface area contributed by atoms with Gasteiger partial charge >= 0.3 is 0 Å². The average Bonchev–Trinajstić information content (AvgIpc) is 3.26. The zero-order valence-electron chi connectivity index (χ0n) is 12.2. The van der Waals surface area contributed by atoms with Crippen LogP contribution in [0.4, 0.5) is 0 Å². The van der Waals surface area contributed by atoms with Gasteiger partial charge in [0.05, 0.1) is 0 Å². The molecule has 0 aliphatic carbocycles. The Hall–Kier alpha value is -2.29. The van der Waals surface area contributed by atoms with Crippen LogP contribution in [0.1, 0.15) is 0 Å². The molecule has 0 atom stereocenters. The highest BCUT2D eigenvalue weighted by molar-refractivity contribution is 7.13. The summed E-state index contributed by atoms with van der Waals surface area (Å²) in [4.78, 5) is 1.20. The molecule has 3 heteroatoms. The average molecular weight is 337 g/mol. The lowest BCUT2D eigenvalue weighted by Crippen LogP contribution is -1.76. The minimum atomic E-state index is 0.724. The van der Waals surface area contributed by atoms with Gasteiger partial charge in [-0.25, -0.2) is 0 Å². The van der Waals surface area contributed by atoms with Gasteiger partial charge in [0.2, 0.25) is 0 Å². The molecular formula is C20H13ClOS. The fourth-order valence-corrected chi connectivity index (χ4v) is 3.43. The fraction of sp³-hybridized carbons (Fsp3) is 0. The third-order valence-corrected chi connectivity index (χ3v) is 4.84. The van der Waals surface area contributed by atoms with E-state index in [1.807, 2.05) is 42.5 Å². The second kappa shape index (κ2) is 6.07. The van der Waals surface area contributed by atoms with E-state index >= 15 is 0 Å². The number of thiophene rings is 1. The summed E-state index contributed by atoms with van der Waals surface area (Å²) in [6.45, 7) is 0. The monoisotopic (exact) mass is 336 g/mol. The molecule has 2 heterocycles. The van der Waals surface area contributed by atoms with E-state index < -0.39 is 0 Å². The van der Waals surface area contributed by atoms with Crippen LogP contribution in [-0.4, -0.2) is 0 Å². The predicted octanol–water partition coefficient (Wildman–Crippen LogP) is 7.00. The number of furan rings is 1. The van der Waals surface area contributed by atoms with E-state index in [-0.39, 0.29) is 0 Å². The molecule has 0 saturated heterocycles. The maximum Gasteiger partial charge on any atom is 0.143 e. The van der Waals surface area contributed by atoms with Crippen molar-refractivity contribution in [3.63, 3.8) is 0 Å². The molecule has 23 heavy (non-hydrogen) atoms. The van der Waals surface area contributed by atoms with E-state index in [9.17, 15) is 0 Å². The molecule has 0 saturated carbocycles. The molecule has 0 radical (unpaired) electrons. The second-order valence-electron chi connectivity index (χ2n) is 5.20. The number of hydrogen-bond donors (Lipinski definition) is 0. The minimum absolute atomic E-state index is 0.724. The summed E-state index contributed by atoms with van der Waals surface area (Å²) in [6, 6.07) is 24.2. The van der Waals surface area contributed by atoms with E-state index in [2.05, 4.69) is 35.7 Å². The van der Waals surface area contributed by atoms with Crippen LogP contribution in [-0.2, 0) is 0 Å². The molecule has 0 N–H and O–H groups in total. The summed E-state index contributed by atoms with van der Waals surface area (Å²) in [7, 11) is 0. The summed E-state index contributed by atoms with van der Waals surface area (Å²) < 4.78 is 6.21. The molecule has 0 spiro atoms. The predicted molar refractivity (Wildman–Crippen MR) is 97.9 cm³/mol. The Kier molecular flexibility index (Phi) is 3.78. The first kappa shape index (κ1) is 14.3. The number of hydrogen-bond acceptors (Lipinski definition) is 2. The third kappa shape index (κ3) is 2.83. The zero-order chi connectivity index (χ0) is 15.6. The highest BCUT2D eigenvalue weighted by atomic mass is 35.5. The molecule has 0 amide bonds. The lowest BCUT2D eigenvalue weighted by molar-refractivity contribution is 0.598. The Morgan fingerprint density at radius 3 is 2.26 bits per heavy atom. The van der Waals surface area contributed by atoms with Gasteiger partial charge < -0.3 is 4.42 Å². The van der Waals surface area contributed by atoms with E-state index in [4.69, 9.17) is 16.0 Å². The second-order valence-corrected chi connectivity index (χ2v) is 6.59. The molecule has 0 bridgehead atoms. The summed E-state index contributed by atoms with van der Waals surface area (Å²) in [6.07, 6.45) is 0. The van der Waals surface area contributed by atoms with Crippen LogP contribution in [0.5, 0.6) is 0 Å². The van der Waals surface area contributed by atoms with Gasteiger partial charge in [-0.15, -0.1) is 11.3 Å². The van der Waals surface area contributed by atoms with Gasteiger partial charge in [0, 0.05) is 26.6 Å². The topological polar surface area (TPSA) is 13.1 Å². The Labute approximate surface area is 143 Å². The van der Waals surface area contributed by atoms with Crippen molar-refractivity contribution in [1.29, 1.82) is 0 Å². The minimum Gasteiger partial charge on any atom is -0.455 e. The first-order valence-electron chi connectivity index (χ1n) is 7.30. The highest BCUT2D eigenvalue weighted by Gasteiger charge is 2.16. The molecule has 2 aromatic heterocycles. The fourth-order valence-electron chi connectivity index (χ4n) is 2.57. The van der Waals surface area contributed by atoms with Crippen LogP contribution in [0.2, 0.25) is 5.02 Å². The summed E-state index contributed by atoms with van der Waals surface area (Å²) in [5, 5.41) is 2.81. The van der Waals surface area contributed by atoms with Gasteiger partial charge in [-0.05, 0) is 41.8 Å². The maximum absolute atomic E-state index is 6.21. The molecule has 2 aromatic carbocycles. The molecule has 4 rings (SSSR count). The van der Waals surface area contributed by atoms with Crippen molar-refractivity contribution in [3.05, 3.63) is 83.2 Å². The summed E-state index contributed by atoms with van der Waals surface area (Å²) >= 11 is 7.70. The molecule has 112 valence electrons. The third-order valence-electron chi connectivity index (χ3n) is 3.68. The molecule has 0 aliphatic rings. The van der Waals surface area contributed by atoms with E-state index in [1.165, 1.54) is 4.88 Å². The van der Waals surface area contributed by atoms with Crippen molar-refractivity contribution in [1.82, 2.24) is 0 Å². The first-order valence-corrected chi connectivity index (χ1v) is 8.56. The molecule has 0 aliphatic heterocycles. The van der Waals surface area contributed by atoms with Crippen LogP contribution in [0.25, 0.3) is 33.1 Å². The summed E-state index contributed by atoms with van der Waals surface area (Å²) in [5.41, 5.74) is 3.22. The van der Waals surface area contributed by atoms with Gasteiger partial charge in [0.15, 0.2) is 0 Å². The molecule has 1 nitrogen and oxygen atoms in total. The van der Waals surface area contributed by atoms with Crippen molar-refractivity contribution in [2.75, 3.05) is 0 Å². The van der Waals surface area contributed by atoms with Gasteiger partial charge in [-0.1, -0.05) is 48.0 Å². The van der Waals surface area contributed by atoms with Crippen LogP contribution in [0, 0.1) is 0 Å². The summed E-state index contributed by atoms with van der Waals surface area (Å²) in [5.74, 6) is 1.75. The van der Waals surface area contributed by atoms with Crippen LogP contribution in [0.3, 0.4) is 0 Å². The van der Waals surface area contributed by atoms with E-state index in [1.54, 1.807) is 11.3 Å². The molecule has 0 fully saturated rings. The Morgan fingerprint density at radius 2 is 1.57 bits per heavy atom. The Morgan fingerprint density at radius 1 is 0.783 bits per heavy atom. The van der Waals surface area contributed by atoms with Crippen molar-refractivity contribution >= 4 is 22.9 Å². The SMILES string of the molecule is Clc1ccc(-c2cc(-c3cccs3)c(-c3ccccc3)o2)cc1. The Bertz CT molecular complexity index is 906. The van der Waals surface area contributed by atoms with Crippen LogP contribution >= 0.6 is 22.9 Å². The van der Waals surface area contributed by atoms with Crippen molar-refractivity contribution < 1.29 is 4.42 Å². The van der Waals surface area contributed by atoms with Gasteiger partial charge in [-0.3, -0.25) is 0 Å². The lowest BCUT2D eigenvalue weighted by atomic mass is 10.1. The quantitative estimate of drug-likeness (QED) is 0.392.